The maximum Gasteiger partial charge on any atom is 0.0642 e. The van der Waals surface area contributed by atoms with Crippen molar-refractivity contribution in [1.82, 2.24) is 0 Å². The molecule has 0 saturated carbocycles. The Morgan fingerprint density at radius 2 is 1.64 bits per heavy atom. The van der Waals surface area contributed by atoms with E-state index in [0.717, 1.165) is 5.57 Å². The Kier molecular flexibility index (Phi) is 6.22. The molecule has 0 aliphatic heterocycles. The summed E-state index contributed by atoms with van der Waals surface area (Å²) < 4.78 is 0. The first kappa shape index (κ1) is 13.2. The summed E-state index contributed by atoms with van der Waals surface area (Å²) >= 11 is 0. The number of hydrogen-bond acceptors (Lipinski definition) is 1. The van der Waals surface area contributed by atoms with Gasteiger partial charge in [-0.15, -0.1) is 0 Å². The summed E-state index contributed by atoms with van der Waals surface area (Å²) in [4.78, 5) is 0. The molecule has 80 valence electrons. The van der Waals surface area contributed by atoms with Crippen LogP contribution in [0.1, 0.15) is 34.6 Å². The molecule has 0 heterocycles. The molecular formula is C13H22O. The maximum absolute atomic E-state index is 8.85. The minimum absolute atomic E-state index is 0.137. The molecule has 0 rings (SSSR count). The minimum atomic E-state index is 0.137. The Morgan fingerprint density at radius 1 is 1.07 bits per heavy atom. The molecule has 0 spiro atoms. The van der Waals surface area contributed by atoms with E-state index in [4.69, 9.17) is 5.11 Å². The highest BCUT2D eigenvalue weighted by atomic mass is 16.3. The van der Waals surface area contributed by atoms with E-state index in [2.05, 4.69) is 39.8 Å². The van der Waals surface area contributed by atoms with Gasteiger partial charge in [0.15, 0.2) is 0 Å². The summed E-state index contributed by atoms with van der Waals surface area (Å²) in [6.45, 7) is 10.6. The molecule has 0 amide bonds. The van der Waals surface area contributed by atoms with E-state index in [-0.39, 0.29) is 6.61 Å². The molecule has 0 unspecified atom stereocenters. The van der Waals surface area contributed by atoms with Crippen LogP contribution >= 0.6 is 0 Å². The fourth-order valence-corrected chi connectivity index (χ4v) is 1.41. The van der Waals surface area contributed by atoms with Gasteiger partial charge in [0.25, 0.3) is 0 Å². The van der Waals surface area contributed by atoms with Crippen LogP contribution in [0.4, 0.5) is 0 Å². The lowest BCUT2D eigenvalue weighted by Gasteiger charge is -2.00. The van der Waals surface area contributed by atoms with Gasteiger partial charge < -0.3 is 5.11 Å². The molecule has 0 radical (unpaired) electrons. The van der Waals surface area contributed by atoms with Gasteiger partial charge in [-0.3, -0.25) is 0 Å². The van der Waals surface area contributed by atoms with Crippen LogP contribution in [0.25, 0.3) is 0 Å². The van der Waals surface area contributed by atoms with E-state index in [1.807, 2.05) is 13.0 Å². The van der Waals surface area contributed by atoms with Gasteiger partial charge >= 0.3 is 0 Å². The van der Waals surface area contributed by atoms with E-state index in [1.165, 1.54) is 11.1 Å². The largest absolute Gasteiger partial charge is 0.392 e. The molecule has 0 aromatic carbocycles. The van der Waals surface area contributed by atoms with Crippen molar-refractivity contribution < 1.29 is 5.11 Å². The molecule has 0 atom stereocenters. The van der Waals surface area contributed by atoms with Crippen molar-refractivity contribution in [3.63, 3.8) is 0 Å². The molecular weight excluding hydrogens is 172 g/mol. The van der Waals surface area contributed by atoms with Gasteiger partial charge in [-0.1, -0.05) is 43.2 Å². The predicted molar refractivity (Wildman–Crippen MR) is 63.2 cm³/mol. The Morgan fingerprint density at radius 3 is 2.07 bits per heavy atom. The second kappa shape index (κ2) is 6.61. The average molecular weight is 194 g/mol. The maximum atomic E-state index is 8.85. The highest BCUT2D eigenvalue weighted by molar-refractivity contribution is 5.29. The number of hydrogen-bond donors (Lipinski definition) is 1. The smallest absolute Gasteiger partial charge is 0.0642 e. The normalized spacial score (nSPS) is 15.2. The van der Waals surface area contributed by atoms with Gasteiger partial charge in [0.1, 0.15) is 0 Å². The lowest BCUT2D eigenvalue weighted by atomic mass is 10.1. The molecule has 0 bridgehead atoms. The third-order valence-corrected chi connectivity index (χ3v) is 1.78. The van der Waals surface area contributed by atoms with Crippen molar-refractivity contribution in [3.05, 3.63) is 34.9 Å². The number of allylic oxidation sites excluding steroid dienone is 5. The first-order valence-corrected chi connectivity index (χ1v) is 5.10. The van der Waals surface area contributed by atoms with Crippen LogP contribution in [0.3, 0.4) is 0 Å². The van der Waals surface area contributed by atoms with E-state index >= 15 is 0 Å². The molecule has 0 fully saturated rings. The number of aliphatic hydroxyl groups excluding tert-OH is 1. The van der Waals surface area contributed by atoms with Crippen LogP contribution in [0.2, 0.25) is 0 Å². The monoisotopic (exact) mass is 194 g/mol. The van der Waals surface area contributed by atoms with Crippen LogP contribution in [0.15, 0.2) is 34.9 Å². The van der Waals surface area contributed by atoms with E-state index in [9.17, 15) is 0 Å². The molecule has 1 heteroatoms. The third kappa shape index (κ3) is 6.67. The molecule has 0 aliphatic rings. The second-order valence-electron chi connectivity index (χ2n) is 4.19. The van der Waals surface area contributed by atoms with E-state index in [1.54, 1.807) is 0 Å². The Balaban J connectivity index is 4.52. The summed E-state index contributed by atoms with van der Waals surface area (Å²) in [5.74, 6) is 0.585. The standard InChI is InChI=1S/C13H22O/c1-10(2)6-11(3)7-12(4)8-13(5)9-14/h6-8,10,14H,9H2,1-5H3. The van der Waals surface area contributed by atoms with Gasteiger partial charge in [-0.2, -0.15) is 0 Å². The molecule has 1 N–H and O–H groups in total. The zero-order chi connectivity index (χ0) is 11.1. The summed E-state index contributed by atoms with van der Waals surface area (Å²) in [5.41, 5.74) is 3.46. The first-order valence-electron chi connectivity index (χ1n) is 5.10. The molecule has 1 nitrogen and oxygen atoms in total. The van der Waals surface area contributed by atoms with Crippen LogP contribution in [0.5, 0.6) is 0 Å². The molecule has 0 aromatic rings. The summed E-state index contributed by atoms with van der Waals surface area (Å²) in [7, 11) is 0. The third-order valence-electron chi connectivity index (χ3n) is 1.78. The summed E-state index contributed by atoms with van der Waals surface area (Å²) in [6.07, 6.45) is 6.38. The Labute approximate surface area is 87.8 Å². The highest BCUT2D eigenvalue weighted by Gasteiger charge is 1.91. The van der Waals surface area contributed by atoms with Crippen LogP contribution in [0, 0.1) is 5.92 Å². The van der Waals surface area contributed by atoms with Gasteiger partial charge in [0, 0.05) is 0 Å². The van der Waals surface area contributed by atoms with Gasteiger partial charge in [0.2, 0.25) is 0 Å². The van der Waals surface area contributed by atoms with Gasteiger partial charge in [0.05, 0.1) is 6.61 Å². The summed E-state index contributed by atoms with van der Waals surface area (Å²) in [6, 6.07) is 0. The lowest BCUT2D eigenvalue weighted by Crippen LogP contribution is -1.85. The first-order chi connectivity index (χ1) is 6.45. The Hall–Kier alpha value is -0.820. The molecule has 0 saturated heterocycles. The molecule has 0 aromatic heterocycles. The van der Waals surface area contributed by atoms with Crippen molar-refractivity contribution in [2.75, 3.05) is 6.61 Å². The van der Waals surface area contributed by atoms with Crippen LogP contribution in [-0.2, 0) is 0 Å². The average Bonchev–Trinajstić information content (AvgIpc) is 2.01. The zero-order valence-corrected chi connectivity index (χ0v) is 9.96. The van der Waals surface area contributed by atoms with Crippen molar-refractivity contribution in [1.29, 1.82) is 0 Å². The van der Waals surface area contributed by atoms with Crippen LogP contribution in [-0.4, -0.2) is 11.7 Å². The van der Waals surface area contributed by atoms with E-state index < -0.39 is 0 Å². The van der Waals surface area contributed by atoms with Gasteiger partial charge in [-0.05, 0) is 32.3 Å². The minimum Gasteiger partial charge on any atom is -0.392 e. The van der Waals surface area contributed by atoms with Crippen molar-refractivity contribution in [2.45, 2.75) is 34.6 Å². The second-order valence-corrected chi connectivity index (χ2v) is 4.19. The summed E-state index contributed by atoms with van der Waals surface area (Å²) in [5, 5.41) is 8.85. The highest BCUT2D eigenvalue weighted by Crippen LogP contribution is 2.08. The number of aliphatic hydroxyl groups is 1. The number of rotatable bonds is 4. The van der Waals surface area contributed by atoms with E-state index in [0.29, 0.717) is 5.92 Å². The molecule has 14 heavy (non-hydrogen) atoms. The SMILES string of the molecule is CC(=CC(C)=CC(C)C)C=C(C)CO. The lowest BCUT2D eigenvalue weighted by molar-refractivity contribution is 0.331. The topological polar surface area (TPSA) is 20.2 Å². The van der Waals surface area contributed by atoms with Gasteiger partial charge in [-0.25, -0.2) is 0 Å². The van der Waals surface area contributed by atoms with Crippen LogP contribution < -0.4 is 0 Å². The zero-order valence-electron chi connectivity index (χ0n) is 9.96. The predicted octanol–water partition coefficient (Wildman–Crippen LogP) is 3.47. The fourth-order valence-electron chi connectivity index (χ4n) is 1.41. The van der Waals surface area contributed by atoms with Crippen molar-refractivity contribution in [3.8, 4) is 0 Å². The quantitative estimate of drug-likeness (QED) is 0.679. The van der Waals surface area contributed by atoms with Crippen molar-refractivity contribution in [2.24, 2.45) is 5.92 Å². The molecule has 0 aliphatic carbocycles. The fraction of sp³-hybridized carbons (Fsp3) is 0.538. The van der Waals surface area contributed by atoms with Crippen molar-refractivity contribution >= 4 is 0 Å². The Bertz CT molecular complexity index is 254.